The Morgan fingerprint density at radius 1 is 0.967 bits per heavy atom. The summed E-state index contributed by atoms with van der Waals surface area (Å²) in [6.45, 7) is 4.76. The Bertz CT molecular complexity index is 893. The van der Waals surface area contributed by atoms with Gasteiger partial charge in [-0.2, -0.15) is 0 Å². The number of esters is 1. The van der Waals surface area contributed by atoms with Crippen molar-refractivity contribution in [1.29, 1.82) is 0 Å². The maximum absolute atomic E-state index is 12.1. The van der Waals surface area contributed by atoms with Crippen LogP contribution < -0.4 is 20.1 Å². The minimum Gasteiger partial charge on any atom is -0.495 e. The van der Waals surface area contributed by atoms with Gasteiger partial charge in [0.05, 0.1) is 12.8 Å². The first-order valence-electron chi connectivity index (χ1n) is 9.42. The molecule has 2 N–H and O–H groups in total. The standard InChI is InChI=1S/C22H26N2O6/c1-14(2)16-5-8-18(9-6-16)29-13-22(27)30-12-21(26)24-19-11-17(23-15(3)25)7-10-20(19)28-4/h5-11,14H,12-13H2,1-4H3,(H,23,25)(H,24,26). The smallest absolute Gasteiger partial charge is 0.344 e. The van der Waals surface area contributed by atoms with Crippen LogP contribution in [0.15, 0.2) is 42.5 Å². The van der Waals surface area contributed by atoms with Gasteiger partial charge in [-0.15, -0.1) is 0 Å². The molecule has 0 aliphatic rings. The fraction of sp³-hybridized carbons (Fsp3) is 0.318. The molecule has 8 heteroatoms. The van der Waals surface area contributed by atoms with Gasteiger partial charge >= 0.3 is 5.97 Å². The number of methoxy groups -OCH3 is 1. The summed E-state index contributed by atoms with van der Waals surface area (Å²) in [6.07, 6.45) is 0. The van der Waals surface area contributed by atoms with Crippen LogP contribution in [0.2, 0.25) is 0 Å². The van der Waals surface area contributed by atoms with Crippen molar-refractivity contribution in [3.05, 3.63) is 48.0 Å². The maximum Gasteiger partial charge on any atom is 0.344 e. The molecule has 0 radical (unpaired) electrons. The number of hydrogen-bond donors (Lipinski definition) is 2. The number of rotatable bonds is 9. The molecule has 2 rings (SSSR count). The lowest BCUT2D eigenvalue weighted by molar-refractivity contribution is -0.149. The van der Waals surface area contributed by atoms with Gasteiger partial charge in [0.25, 0.3) is 5.91 Å². The fourth-order valence-corrected chi connectivity index (χ4v) is 2.55. The van der Waals surface area contributed by atoms with E-state index in [1.165, 1.54) is 19.6 Å². The van der Waals surface area contributed by atoms with Gasteiger partial charge in [-0.1, -0.05) is 26.0 Å². The summed E-state index contributed by atoms with van der Waals surface area (Å²) in [6, 6.07) is 12.2. The second kappa shape index (κ2) is 10.8. The number of carbonyl (C=O) groups excluding carboxylic acids is 3. The van der Waals surface area contributed by atoms with Crippen molar-refractivity contribution in [3.8, 4) is 11.5 Å². The Kier molecular flexibility index (Phi) is 8.22. The van der Waals surface area contributed by atoms with Crippen LogP contribution in [-0.2, 0) is 19.1 Å². The minimum atomic E-state index is -0.669. The highest BCUT2D eigenvalue weighted by molar-refractivity contribution is 5.96. The van der Waals surface area contributed by atoms with Crippen molar-refractivity contribution in [1.82, 2.24) is 0 Å². The SMILES string of the molecule is COc1ccc(NC(C)=O)cc1NC(=O)COC(=O)COc1ccc(C(C)C)cc1. The van der Waals surface area contributed by atoms with Gasteiger partial charge in [-0.05, 0) is 41.8 Å². The number of nitrogens with one attached hydrogen (secondary N) is 2. The number of hydrogen-bond acceptors (Lipinski definition) is 6. The van der Waals surface area contributed by atoms with Crippen LogP contribution in [0.25, 0.3) is 0 Å². The lowest BCUT2D eigenvalue weighted by Gasteiger charge is -2.13. The van der Waals surface area contributed by atoms with E-state index in [1.54, 1.807) is 30.3 Å². The van der Waals surface area contributed by atoms with E-state index < -0.39 is 18.5 Å². The van der Waals surface area contributed by atoms with Crippen molar-refractivity contribution in [2.75, 3.05) is 31.0 Å². The molecular weight excluding hydrogens is 388 g/mol. The molecule has 0 saturated heterocycles. The van der Waals surface area contributed by atoms with Gasteiger partial charge in [-0.3, -0.25) is 9.59 Å². The molecule has 0 unspecified atom stereocenters. The molecule has 2 aromatic rings. The number of benzene rings is 2. The van der Waals surface area contributed by atoms with Gasteiger partial charge in [-0.25, -0.2) is 4.79 Å². The number of carbonyl (C=O) groups is 3. The summed E-state index contributed by atoms with van der Waals surface area (Å²) >= 11 is 0. The summed E-state index contributed by atoms with van der Waals surface area (Å²) < 4.78 is 15.5. The van der Waals surface area contributed by atoms with Crippen LogP contribution in [0, 0.1) is 0 Å². The molecule has 0 heterocycles. The van der Waals surface area contributed by atoms with E-state index in [0.717, 1.165) is 0 Å². The first-order valence-corrected chi connectivity index (χ1v) is 9.42. The van der Waals surface area contributed by atoms with Crippen LogP contribution in [0.3, 0.4) is 0 Å². The first kappa shape index (κ1) is 22.7. The summed E-state index contributed by atoms with van der Waals surface area (Å²) in [5.74, 6) is -0.123. The van der Waals surface area contributed by atoms with Gasteiger partial charge in [0, 0.05) is 12.6 Å². The molecule has 2 amide bonds. The van der Waals surface area contributed by atoms with Crippen molar-refractivity contribution in [3.63, 3.8) is 0 Å². The normalized spacial score (nSPS) is 10.3. The van der Waals surface area contributed by atoms with Crippen molar-refractivity contribution < 1.29 is 28.6 Å². The third-order valence-corrected chi connectivity index (χ3v) is 4.06. The Morgan fingerprint density at radius 2 is 1.67 bits per heavy atom. The van der Waals surface area contributed by atoms with E-state index in [4.69, 9.17) is 14.2 Å². The predicted octanol–water partition coefficient (Wildman–Crippen LogP) is 3.34. The van der Waals surface area contributed by atoms with E-state index in [0.29, 0.717) is 28.8 Å². The number of amides is 2. The Labute approximate surface area is 175 Å². The zero-order valence-corrected chi connectivity index (χ0v) is 17.5. The molecule has 160 valence electrons. The zero-order chi connectivity index (χ0) is 22.1. The van der Waals surface area contributed by atoms with Gasteiger partial charge in [0.15, 0.2) is 13.2 Å². The second-order valence-corrected chi connectivity index (χ2v) is 6.82. The van der Waals surface area contributed by atoms with E-state index in [2.05, 4.69) is 24.5 Å². The molecule has 0 bridgehead atoms. The van der Waals surface area contributed by atoms with Crippen LogP contribution in [0.5, 0.6) is 11.5 Å². The molecule has 0 fully saturated rings. The van der Waals surface area contributed by atoms with Gasteiger partial charge in [0.2, 0.25) is 5.91 Å². The topological polar surface area (TPSA) is 103 Å². The third kappa shape index (κ3) is 7.12. The molecule has 30 heavy (non-hydrogen) atoms. The molecule has 0 atom stereocenters. The monoisotopic (exact) mass is 414 g/mol. The summed E-state index contributed by atoms with van der Waals surface area (Å²) in [4.78, 5) is 35.2. The lowest BCUT2D eigenvalue weighted by Crippen LogP contribution is -2.24. The summed E-state index contributed by atoms with van der Waals surface area (Å²) in [5.41, 5.74) is 2.00. The summed E-state index contributed by atoms with van der Waals surface area (Å²) in [7, 11) is 1.45. The molecule has 0 aromatic heterocycles. The third-order valence-electron chi connectivity index (χ3n) is 4.06. The quantitative estimate of drug-likeness (QED) is 0.610. The van der Waals surface area contributed by atoms with Crippen molar-refractivity contribution in [2.24, 2.45) is 0 Å². The first-order chi connectivity index (χ1) is 14.3. The van der Waals surface area contributed by atoms with Crippen LogP contribution in [0.1, 0.15) is 32.3 Å². The second-order valence-electron chi connectivity index (χ2n) is 6.82. The Morgan fingerprint density at radius 3 is 2.27 bits per heavy atom. The zero-order valence-electron chi connectivity index (χ0n) is 17.5. The minimum absolute atomic E-state index is 0.245. The van der Waals surface area contributed by atoms with Crippen LogP contribution >= 0.6 is 0 Å². The van der Waals surface area contributed by atoms with Crippen molar-refractivity contribution in [2.45, 2.75) is 26.7 Å². The number of ether oxygens (including phenoxy) is 3. The average molecular weight is 414 g/mol. The molecule has 0 spiro atoms. The Hall–Kier alpha value is -3.55. The highest BCUT2D eigenvalue weighted by atomic mass is 16.6. The Balaban J connectivity index is 1.83. The highest BCUT2D eigenvalue weighted by Gasteiger charge is 2.12. The fourth-order valence-electron chi connectivity index (χ4n) is 2.55. The molecule has 0 saturated carbocycles. The maximum atomic E-state index is 12.1. The highest BCUT2D eigenvalue weighted by Crippen LogP contribution is 2.27. The predicted molar refractivity (Wildman–Crippen MR) is 113 cm³/mol. The van der Waals surface area contributed by atoms with E-state index in [1.807, 2.05) is 12.1 Å². The molecule has 0 aliphatic heterocycles. The molecule has 2 aromatic carbocycles. The van der Waals surface area contributed by atoms with Crippen LogP contribution in [0.4, 0.5) is 11.4 Å². The summed E-state index contributed by atoms with van der Waals surface area (Å²) in [5, 5.41) is 5.20. The number of anilines is 2. The molecular formula is C22H26N2O6. The van der Waals surface area contributed by atoms with Crippen molar-refractivity contribution >= 4 is 29.2 Å². The average Bonchev–Trinajstić information content (AvgIpc) is 2.71. The molecule has 0 aliphatic carbocycles. The van der Waals surface area contributed by atoms with E-state index >= 15 is 0 Å². The van der Waals surface area contributed by atoms with E-state index in [-0.39, 0.29) is 12.5 Å². The van der Waals surface area contributed by atoms with Gasteiger partial charge in [0.1, 0.15) is 11.5 Å². The lowest BCUT2D eigenvalue weighted by atomic mass is 10.0. The van der Waals surface area contributed by atoms with Gasteiger partial charge < -0.3 is 24.8 Å². The largest absolute Gasteiger partial charge is 0.495 e. The molecule has 8 nitrogen and oxygen atoms in total. The van der Waals surface area contributed by atoms with E-state index in [9.17, 15) is 14.4 Å². The van der Waals surface area contributed by atoms with Crippen LogP contribution in [-0.4, -0.2) is 38.1 Å².